The average molecular weight is 476 g/mol. The molecule has 2 aliphatic rings. The Balaban J connectivity index is 1.56. The normalized spacial score (nSPS) is 16.0. The largest absolute Gasteiger partial charge is 0.364 e. The van der Waals surface area contributed by atoms with E-state index in [9.17, 15) is 18.8 Å². The number of hydrogen-bond donors (Lipinski definition) is 1. The molecule has 0 saturated carbocycles. The molecule has 1 saturated heterocycles. The third-order valence-electron chi connectivity index (χ3n) is 6.74. The monoisotopic (exact) mass is 475 g/mol. The number of hydrogen-bond acceptors (Lipinski definition) is 4. The number of anilines is 2. The molecule has 2 N–H and O–H groups in total. The Morgan fingerprint density at radius 1 is 0.943 bits per heavy atom. The van der Waals surface area contributed by atoms with Gasteiger partial charge in [-0.1, -0.05) is 0 Å². The Labute approximate surface area is 202 Å². The Morgan fingerprint density at radius 3 is 2.37 bits per heavy atom. The Morgan fingerprint density at radius 2 is 1.69 bits per heavy atom. The van der Waals surface area contributed by atoms with Crippen LogP contribution in [0.15, 0.2) is 36.4 Å². The topological polar surface area (TPSA) is 102 Å². The first kappa shape index (κ1) is 22.8. The van der Waals surface area contributed by atoms with E-state index in [1.165, 1.54) is 22.9 Å². The van der Waals surface area contributed by atoms with E-state index in [1.807, 2.05) is 25.1 Å². The van der Waals surface area contributed by atoms with Gasteiger partial charge in [-0.2, -0.15) is 5.10 Å². The smallest absolute Gasteiger partial charge is 0.277 e. The summed E-state index contributed by atoms with van der Waals surface area (Å²) in [5.41, 5.74) is 9.84. The van der Waals surface area contributed by atoms with Crippen LogP contribution in [0.2, 0.25) is 0 Å². The van der Waals surface area contributed by atoms with Crippen molar-refractivity contribution in [3.63, 3.8) is 0 Å². The molecule has 0 bridgehead atoms. The van der Waals surface area contributed by atoms with Crippen molar-refractivity contribution in [2.24, 2.45) is 5.73 Å². The van der Waals surface area contributed by atoms with Crippen molar-refractivity contribution in [3.8, 4) is 5.69 Å². The lowest BCUT2D eigenvalue weighted by molar-refractivity contribution is -0.119. The summed E-state index contributed by atoms with van der Waals surface area (Å²) in [6, 6.07) is 9.82. The van der Waals surface area contributed by atoms with Gasteiger partial charge in [0.2, 0.25) is 5.91 Å². The van der Waals surface area contributed by atoms with Crippen molar-refractivity contribution >= 4 is 29.1 Å². The van der Waals surface area contributed by atoms with Gasteiger partial charge in [-0.05, 0) is 80.6 Å². The zero-order valence-corrected chi connectivity index (χ0v) is 19.7. The lowest BCUT2D eigenvalue weighted by atomic mass is 10.0. The number of rotatable bonds is 4. The second kappa shape index (κ2) is 8.65. The van der Waals surface area contributed by atoms with Crippen molar-refractivity contribution in [1.82, 2.24) is 9.78 Å². The minimum absolute atomic E-state index is 0.0485. The highest BCUT2D eigenvalue weighted by molar-refractivity contribution is 6.10. The molecule has 1 fully saturated rings. The first-order valence-electron chi connectivity index (χ1n) is 11.7. The van der Waals surface area contributed by atoms with Crippen LogP contribution in [-0.4, -0.2) is 40.6 Å². The lowest BCUT2D eigenvalue weighted by Gasteiger charge is -2.31. The van der Waals surface area contributed by atoms with Gasteiger partial charge >= 0.3 is 0 Å². The second-order valence-electron chi connectivity index (χ2n) is 9.06. The molecule has 0 spiro atoms. The van der Waals surface area contributed by atoms with Gasteiger partial charge in [0.05, 0.1) is 5.69 Å². The molecule has 180 valence electrons. The molecule has 35 heavy (non-hydrogen) atoms. The molecule has 3 aromatic rings. The number of amides is 3. The Bertz CT molecular complexity index is 1380. The summed E-state index contributed by atoms with van der Waals surface area (Å²) in [6.07, 6.45) is 2.81. The summed E-state index contributed by atoms with van der Waals surface area (Å²) >= 11 is 0. The van der Waals surface area contributed by atoms with E-state index in [1.54, 1.807) is 16.7 Å². The van der Waals surface area contributed by atoms with Gasteiger partial charge in [-0.15, -0.1) is 0 Å². The van der Waals surface area contributed by atoms with E-state index in [2.05, 4.69) is 5.10 Å². The highest BCUT2D eigenvalue weighted by Crippen LogP contribution is 2.33. The summed E-state index contributed by atoms with van der Waals surface area (Å²) in [6.45, 7) is 4.66. The lowest BCUT2D eigenvalue weighted by Crippen LogP contribution is -2.39. The molecule has 3 heterocycles. The number of benzene rings is 2. The first-order valence-corrected chi connectivity index (χ1v) is 11.7. The van der Waals surface area contributed by atoms with Crippen molar-refractivity contribution in [2.45, 2.75) is 39.5 Å². The SMILES string of the molecule is Cc1cc(N2CCCCC2=O)ccc1N1CCc2c(C(N)=O)nn(-c3ccc(F)cc3C)c2C1=O. The van der Waals surface area contributed by atoms with Crippen molar-refractivity contribution < 1.29 is 18.8 Å². The molecule has 0 aliphatic carbocycles. The molecular formula is C26H26FN5O3. The molecular weight excluding hydrogens is 449 g/mol. The summed E-state index contributed by atoms with van der Waals surface area (Å²) < 4.78 is 15.1. The summed E-state index contributed by atoms with van der Waals surface area (Å²) in [7, 11) is 0. The van der Waals surface area contributed by atoms with Gasteiger partial charge in [-0.3, -0.25) is 14.4 Å². The van der Waals surface area contributed by atoms with Crippen LogP contribution in [0.4, 0.5) is 15.8 Å². The van der Waals surface area contributed by atoms with Gasteiger partial charge in [0.1, 0.15) is 11.5 Å². The maximum Gasteiger partial charge on any atom is 0.277 e. The highest BCUT2D eigenvalue weighted by atomic mass is 19.1. The van der Waals surface area contributed by atoms with E-state index in [0.717, 1.165) is 29.8 Å². The van der Waals surface area contributed by atoms with E-state index < -0.39 is 11.7 Å². The predicted octanol–water partition coefficient (Wildman–Crippen LogP) is 3.45. The first-order chi connectivity index (χ1) is 16.8. The fourth-order valence-corrected chi connectivity index (χ4v) is 5.01. The molecule has 5 rings (SSSR count). The van der Waals surface area contributed by atoms with Gasteiger partial charge < -0.3 is 15.5 Å². The van der Waals surface area contributed by atoms with Crippen LogP contribution < -0.4 is 15.5 Å². The van der Waals surface area contributed by atoms with Crippen LogP contribution in [0.5, 0.6) is 0 Å². The van der Waals surface area contributed by atoms with Gasteiger partial charge in [0, 0.05) is 36.4 Å². The zero-order chi connectivity index (χ0) is 24.9. The predicted molar refractivity (Wildman–Crippen MR) is 130 cm³/mol. The molecule has 2 aromatic carbocycles. The van der Waals surface area contributed by atoms with Crippen molar-refractivity contribution in [1.29, 1.82) is 0 Å². The number of carbonyl (C=O) groups excluding carboxylic acids is 3. The van der Waals surface area contributed by atoms with Gasteiger partial charge in [0.15, 0.2) is 5.69 Å². The molecule has 3 amide bonds. The molecule has 0 unspecified atom stereocenters. The summed E-state index contributed by atoms with van der Waals surface area (Å²) in [5.74, 6) is -1.33. The van der Waals surface area contributed by atoms with Crippen LogP contribution in [0.25, 0.3) is 5.69 Å². The number of aromatic nitrogens is 2. The van der Waals surface area contributed by atoms with Crippen LogP contribution in [0, 0.1) is 19.7 Å². The number of primary amides is 1. The van der Waals surface area contributed by atoms with Crippen LogP contribution >= 0.6 is 0 Å². The second-order valence-corrected chi connectivity index (χ2v) is 9.06. The van der Waals surface area contributed by atoms with Crippen LogP contribution in [-0.2, 0) is 11.2 Å². The molecule has 9 heteroatoms. The number of fused-ring (bicyclic) bond motifs is 1. The summed E-state index contributed by atoms with van der Waals surface area (Å²) in [4.78, 5) is 41.7. The Hall–Kier alpha value is -4.01. The molecule has 0 atom stereocenters. The third-order valence-corrected chi connectivity index (χ3v) is 6.74. The number of carbonyl (C=O) groups is 3. The zero-order valence-electron chi connectivity index (χ0n) is 19.7. The van der Waals surface area contributed by atoms with Gasteiger partial charge in [0.25, 0.3) is 11.8 Å². The van der Waals surface area contributed by atoms with Crippen molar-refractivity contribution in [3.05, 3.63) is 70.3 Å². The standard InChI is InChI=1S/C26H26FN5O3/c1-15-13-17(27)6-8-21(15)32-24-19(23(29-32)25(28)34)10-12-31(26(24)35)20-9-7-18(14-16(20)2)30-11-4-3-5-22(30)33/h6-9,13-14H,3-5,10-12H2,1-2H3,(H2,28,34). The third kappa shape index (κ3) is 3.86. The maximum absolute atomic E-state index is 13.8. The fraction of sp³-hybridized carbons (Fsp3) is 0.308. The summed E-state index contributed by atoms with van der Waals surface area (Å²) in [5, 5.41) is 4.36. The number of nitrogens with two attached hydrogens (primary N) is 1. The van der Waals surface area contributed by atoms with Crippen LogP contribution in [0.1, 0.15) is 56.9 Å². The number of aryl methyl sites for hydroxylation is 2. The number of piperidine rings is 1. The molecule has 8 nitrogen and oxygen atoms in total. The fourth-order valence-electron chi connectivity index (χ4n) is 5.01. The van der Waals surface area contributed by atoms with E-state index in [0.29, 0.717) is 42.7 Å². The molecule has 1 aromatic heterocycles. The molecule has 0 radical (unpaired) electrons. The Kier molecular flexibility index (Phi) is 5.62. The molecule has 2 aliphatic heterocycles. The minimum atomic E-state index is -0.715. The quantitative estimate of drug-likeness (QED) is 0.625. The highest BCUT2D eigenvalue weighted by Gasteiger charge is 2.35. The minimum Gasteiger partial charge on any atom is -0.364 e. The van der Waals surface area contributed by atoms with E-state index in [4.69, 9.17) is 5.73 Å². The van der Waals surface area contributed by atoms with E-state index in [-0.39, 0.29) is 23.2 Å². The van der Waals surface area contributed by atoms with Crippen LogP contribution in [0.3, 0.4) is 0 Å². The average Bonchev–Trinajstić information content (AvgIpc) is 3.21. The van der Waals surface area contributed by atoms with Gasteiger partial charge in [-0.25, -0.2) is 9.07 Å². The maximum atomic E-state index is 13.8. The van der Waals surface area contributed by atoms with Crippen molar-refractivity contribution in [2.75, 3.05) is 22.9 Å². The van der Waals surface area contributed by atoms with E-state index >= 15 is 0 Å². The number of halogens is 1. The number of nitrogens with zero attached hydrogens (tertiary/aromatic N) is 4.